The van der Waals surface area contributed by atoms with Crippen LogP contribution in [0.3, 0.4) is 0 Å². The molecule has 1 unspecified atom stereocenters. The highest BCUT2D eigenvalue weighted by molar-refractivity contribution is 6.53. The van der Waals surface area contributed by atoms with Crippen molar-refractivity contribution in [2.24, 2.45) is 0 Å². The summed E-state index contributed by atoms with van der Waals surface area (Å²) in [6.45, 7) is 3.10. The summed E-state index contributed by atoms with van der Waals surface area (Å²) in [4.78, 5) is 0. The lowest BCUT2D eigenvalue weighted by Gasteiger charge is -2.33. The van der Waals surface area contributed by atoms with E-state index in [0.29, 0.717) is 6.61 Å². The highest BCUT2D eigenvalue weighted by Gasteiger charge is 2.47. The van der Waals surface area contributed by atoms with Crippen molar-refractivity contribution in [1.29, 1.82) is 0 Å². The Kier molecular flexibility index (Phi) is 4.30. The third-order valence-electron chi connectivity index (χ3n) is 1.75. The van der Waals surface area contributed by atoms with Crippen molar-refractivity contribution in [2.75, 3.05) is 27.4 Å². The molecule has 1 aliphatic rings. The van der Waals surface area contributed by atoms with Gasteiger partial charge in [0.15, 0.2) is 6.29 Å². The molecule has 0 spiro atoms. The molecule has 0 N–H and O–H groups in total. The Bertz CT molecular complexity index is 146. The standard InChI is InChI=1S/C7H16O5Si/c1-4-11-13(8-2,9-3)12-7-5-6-10-7/h7H,4-6H2,1-3H3. The second-order valence-corrected chi connectivity index (χ2v) is 4.89. The van der Waals surface area contributed by atoms with Gasteiger partial charge in [-0.3, -0.25) is 0 Å². The van der Waals surface area contributed by atoms with Crippen LogP contribution >= 0.6 is 0 Å². The molecule has 1 aliphatic heterocycles. The third kappa shape index (κ3) is 2.73. The van der Waals surface area contributed by atoms with Gasteiger partial charge in [0.1, 0.15) is 0 Å². The molecular weight excluding hydrogens is 192 g/mol. The van der Waals surface area contributed by atoms with E-state index in [1.54, 1.807) is 0 Å². The van der Waals surface area contributed by atoms with Crippen LogP contribution in [0.4, 0.5) is 0 Å². The van der Waals surface area contributed by atoms with Gasteiger partial charge in [-0.25, -0.2) is 0 Å². The van der Waals surface area contributed by atoms with Crippen molar-refractivity contribution in [1.82, 2.24) is 0 Å². The predicted molar refractivity (Wildman–Crippen MR) is 46.8 cm³/mol. The lowest BCUT2D eigenvalue weighted by molar-refractivity contribution is -0.205. The summed E-state index contributed by atoms with van der Waals surface area (Å²) in [6, 6.07) is 0. The van der Waals surface area contributed by atoms with Gasteiger partial charge in [-0.15, -0.1) is 0 Å². The summed E-state index contributed by atoms with van der Waals surface area (Å²) >= 11 is 0. The first-order valence-electron chi connectivity index (χ1n) is 4.30. The molecule has 1 rings (SSSR count). The molecule has 0 aromatic carbocycles. The van der Waals surface area contributed by atoms with E-state index in [0.717, 1.165) is 13.0 Å². The van der Waals surface area contributed by atoms with Crippen LogP contribution in [0.5, 0.6) is 0 Å². The first-order chi connectivity index (χ1) is 6.26. The highest BCUT2D eigenvalue weighted by Crippen LogP contribution is 2.20. The minimum absolute atomic E-state index is 0.224. The maximum Gasteiger partial charge on any atom is 0.681 e. The topological polar surface area (TPSA) is 46.2 Å². The van der Waals surface area contributed by atoms with Crippen LogP contribution < -0.4 is 0 Å². The number of rotatable bonds is 6. The molecule has 6 heteroatoms. The van der Waals surface area contributed by atoms with Gasteiger partial charge in [0, 0.05) is 27.2 Å². The minimum Gasteiger partial charge on any atom is -0.355 e. The minimum atomic E-state index is -2.90. The van der Waals surface area contributed by atoms with Crippen LogP contribution in [0.1, 0.15) is 13.3 Å². The molecule has 0 aliphatic carbocycles. The molecule has 0 bridgehead atoms. The van der Waals surface area contributed by atoms with Gasteiger partial charge in [-0.2, -0.15) is 0 Å². The van der Waals surface area contributed by atoms with Crippen molar-refractivity contribution >= 4 is 9.05 Å². The highest BCUT2D eigenvalue weighted by atomic mass is 28.4. The van der Waals surface area contributed by atoms with Gasteiger partial charge >= 0.3 is 9.05 Å². The normalized spacial score (nSPS) is 22.8. The van der Waals surface area contributed by atoms with Crippen LogP contribution in [0.2, 0.25) is 0 Å². The van der Waals surface area contributed by atoms with Crippen LogP contribution in [-0.2, 0) is 22.4 Å². The molecule has 0 aromatic rings. The van der Waals surface area contributed by atoms with E-state index < -0.39 is 9.05 Å². The average molecular weight is 208 g/mol. The Morgan fingerprint density at radius 1 is 1.38 bits per heavy atom. The smallest absolute Gasteiger partial charge is 0.355 e. The second-order valence-electron chi connectivity index (χ2n) is 2.55. The number of hydrogen-bond donors (Lipinski definition) is 0. The SMILES string of the molecule is CCO[Si](OC)(OC)OC1CCO1. The maximum atomic E-state index is 5.46. The van der Waals surface area contributed by atoms with Gasteiger partial charge < -0.3 is 22.4 Å². The molecule has 13 heavy (non-hydrogen) atoms. The van der Waals surface area contributed by atoms with Gasteiger partial charge in [0.05, 0.1) is 6.61 Å². The number of ether oxygens (including phenoxy) is 1. The van der Waals surface area contributed by atoms with E-state index in [1.807, 2.05) is 6.92 Å². The van der Waals surface area contributed by atoms with E-state index in [9.17, 15) is 0 Å². The molecule has 0 aromatic heterocycles. The summed E-state index contributed by atoms with van der Waals surface area (Å²) in [6.07, 6.45) is 0.646. The summed E-state index contributed by atoms with van der Waals surface area (Å²) in [7, 11) is 0.135. The summed E-state index contributed by atoms with van der Waals surface area (Å²) in [5.74, 6) is 0. The number of hydrogen-bond acceptors (Lipinski definition) is 5. The molecular formula is C7H16O5Si. The molecule has 78 valence electrons. The Labute approximate surface area is 79.4 Å². The summed E-state index contributed by atoms with van der Waals surface area (Å²) < 4.78 is 26.2. The fraction of sp³-hybridized carbons (Fsp3) is 1.00. The first-order valence-corrected chi connectivity index (χ1v) is 5.93. The lowest BCUT2D eigenvalue weighted by atomic mass is 10.4. The van der Waals surface area contributed by atoms with E-state index in [2.05, 4.69) is 0 Å². The monoisotopic (exact) mass is 208 g/mol. The molecule has 0 saturated carbocycles. The zero-order valence-electron chi connectivity index (χ0n) is 8.24. The van der Waals surface area contributed by atoms with Crippen LogP contribution in [-0.4, -0.2) is 42.8 Å². The first kappa shape index (κ1) is 11.1. The Morgan fingerprint density at radius 2 is 2.00 bits per heavy atom. The van der Waals surface area contributed by atoms with Crippen LogP contribution in [0.15, 0.2) is 0 Å². The van der Waals surface area contributed by atoms with Gasteiger partial charge in [0.2, 0.25) is 0 Å². The second kappa shape index (κ2) is 5.04. The van der Waals surface area contributed by atoms with E-state index in [4.69, 9.17) is 22.4 Å². The summed E-state index contributed by atoms with van der Waals surface area (Å²) in [5, 5.41) is 0. The summed E-state index contributed by atoms with van der Waals surface area (Å²) in [5.41, 5.74) is 0. The van der Waals surface area contributed by atoms with Gasteiger partial charge in [0.25, 0.3) is 0 Å². The van der Waals surface area contributed by atoms with E-state index in [-0.39, 0.29) is 6.29 Å². The third-order valence-corrected chi connectivity index (χ3v) is 3.95. The molecule has 0 radical (unpaired) electrons. The predicted octanol–water partition coefficient (Wildman–Crippen LogP) is 0.514. The van der Waals surface area contributed by atoms with Crippen molar-refractivity contribution in [2.45, 2.75) is 19.6 Å². The lowest BCUT2D eigenvalue weighted by Crippen LogP contribution is -2.52. The van der Waals surface area contributed by atoms with Crippen LogP contribution in [0, 0.1) is 0 Å². The fourth-order valence-corrected chi connectivity index (χ4v) is 2.50. The van der Waals surface area contributed by atoms with E-state index >= 15 is 0 Å². The molecule has 5 nitrogen and oxygen atoms in total. The maximum absolute atomic E-state index is 5.46. The largest absolute Gasteiger partial charge is 0.681 e. The molecule has 1 atom stereocenters. The Morgan fingerprint density at radius 3 is 2.31 bits per heavy atom. The zero-order chi connectivity index (χ0) is 9.73. The van der Waals surface area contributed by atoms with Gasteiger partial charge in [-0.1, -0.05) is 0 Å². The van der Waals surface area contributed by atoms with Crippen molar-refractivity contribution in [3.63, 3.8) is 0 Å². The molecule has 1 saturated heterocycles. The van der Waals surface area contributed by atoms with Crippen molar-refractivity contribution < 1.29 is 22.4 Å². The molecule has 0 amide bonds. The molecule has 1 fully saturated rings. The Hall–Kier alpha value is 0.0169. The van der Waals surface area contributed by atoms with E-state index in [1.165, 1.54) is 14.2 Å². The van der Waals surface area contributed by atoms with Crippen molar-refractivity contribution in [3.05, 3.63) is 0 Å². The van der Waals surface area contributed by atoms with Gasteiger partial charge in [-0.05, 0) is 6.92 Å². The fourth-order valence-electron chi connectivity index (χ4n) is 0.976. The van der Waals surface area contributed by atoms with Crippen LogP contribution in [0.25, 0.3) is 0 Å². The zero-order valence-corrected chi connectivity index (χ0v) is 9.24. The van der Waals surface area contributed by atoms with Crippen molar-refractivity contribution in [3.8, 4) is 0 Å². The average Bonchev–Trinajstić information content (AvgIpc) is 2.10. The quantitative estimate of drug-likeness (QED) is 0.595. The Balaban J connectivity index is 2.42. The molecule has 1 heterocycles.